The number of aliphatic hydroxyl groups excluding tert-OH is 1. The van der Waals surface area contributed by atoms with Gasteiger partial charge in [0.25, 0.3) is 7.82 Å². The second kappa shape index (κ2) is 24.8. The number of phosphoric ester groups is 1. The van der Waals surface area contributed by atoms with Crippen molar-refractivity contribution in [3.05, 3.63) is 72.9 Å². The largest absolute Gasteiger partial charge is 0.756 e. The average molecular weight is 626 g/mol. The minimum atomic E-state index is -4.60. The summed E-state index contributed by atoms with van der Waals surface area (Å²) in [7, 11) is 1.07. The number of carbonyl (C=O) groups excluding carboxylic acids is 2. The molecule has 11 heteroatoms. The molecule has 2 unspecified atom stereocenters. The number of carbonyl (C=O) groups is 2. The van der Waals surface area contributed by atoms with Gasteiger partial charge in [0.15, 0.2) is 6.10 Å². The van der Waals surface area contributed by atoms with Crippen molar-refractivity contribution in [3.63, 3.8) is 0 Å². The van der Waals surface area contributed by atoms with E-state index >= 15 is 0 Å². The molecule has 0 fully saturated rings. The summed E-state index contributed by atoms with van der Waals surface area (Å²) in [5.41, 5.74) is 0. The molecule has 0 heterocycles. The molecule has 0 aliphatic heterocycles. The van der Waals surface area contributed by atoms with Crippen LogP contribution in [0.5, 0.6) is 0 Å². The number of likely N-dealkylation sites (N-methyl/N-ethyl adjacent to an activating group) is 1. The van der Waals surface area contributed by atoms with Crippen molar-refractivity contribution in [2.24, 2.45) is 0 Å². The normalized spacial score (nSPS) is 15.8. The Hall–Kier alpha value is -2.59. The number of rotatable bonds is 24. The third-order valence-corrected chi connectivity index (χ3v) is 6.35. The molecule has 0 radical (unpaired) electrons. The highest BCUT2D eigenvalue weighted by Gasteiger charge is 2.20. The van der Waals surface area contributed by atoms with Crippen molar-refractivity contribution in [2.75, 3.05) is 47.5 Å². The maximum absolute atomic E-state index is 12.0. The van der Waals surface area contributed by atoms with Crippen molar-refractivity contribution < 1.29 is 47.2 Å². The van der Waals surface area contributed by atoms with Crippen LogP contribution in [-0.4, -0.2) is 81.2 Å². The Morgan fingerprint density at radius 3 is 2.16 bits per heavy atom. The van der Waals surface area contributed by atoms with Crippen LogP contribution in [0.4, 0.5) is 0 Å². The van der Waals surface area contributed by atoms with Crippen LogP contribution in [0.2, 0.25) is 0 Å². The number of nitrogens with zero attached hydrogens (tertiary/aromatic N) is 1. The van der Waals surface area contributed by atoms with Crippen LogP contribution in [0.3, 0.4) is 0 Å². The Morgan fingerprint density at radius 1 is 0.884 bits per heavy atom. The zero-order valence-electron chi connectivity index (χ0n) is 26.5. The minimum Gasteiger partial charge on any atom is -0.756 e. The minimum absolute atomic E-state index is 0.0579. The van der Waals surface area contributed by atoms with Gasteiger partial charge in [0.2, 0.25) is 0 Å². The van der Waals surface area contributed by atoms with E-state index in [0.717, 1.165) is 32.6 Å². The van der Waals surface area contributed by atoms with Crippen LogP contribution in [0.25, 0.3) is 0 Å². The fraction of sp³-hybridized carbons (Fsp3) is 0.562. The lowest BCUT2D eigenvalue weighted by molar-refractivity contribution is -0.870. The van der Waals surface area contributed by atoms with E-state index in [1.54, 1.807) is 6.08 Å². The van der Waals surface area contributed by atoms with Crippen molar-refractivity contribution >= 4 is 19.8 Å². The molecule has 0 aromatic heterocycles. The summed E-state index contributed by atoms with van der Waals surface area (Å²) in [4.78, 5) is 35.3. The molecule has 3 atom stereocenters. The lowest BCUT2D eigenvalue weighted by Gasteiger charge is -2.28. The highest BCUT2D eigenvalue weighted by Crippen LogP contribution is 2.38. The fourth-order valence-corrected chi connectivity index (χ4v) is 3.84. The van der Waals surface area contributed by atoms with Gasteiger partial charge in [-0.2, -0.15) is 0 Å². The van der Waals surface area contributed by atoms with Gasteiger partial charge in [-0.25, -0.2) is 0 Å². The molecule has 0 saturated heterocycles. The maximum atomic E-state index is 12.0. The third kappa shape index (κ3) is 29.3. The first kappa shape index (κ1) is 40.4. The number of hydrogen-bond acceptors (Lipinski definition) is 9. The number of hydrogen-bond donors (Lipinski definition) is 1. The first-order chi connectivity index (χ1) is 20.3. The van der Waals surface area contributed by atoms with E-state index in [1.165, 1.54) is 0 Å². The van der Waals surface area contributed by atoms with E-state index in [4.69, 9.17) is 18.5 Å². The Morgan fingerprint density at radius 2 is 1.51 bits per heavy atom. The molecule has 0 aromatic carbocycles. The molecule has 0 amide bonds. The summed E-state index contributed by atoms with van der Waals surface area (Å²) in [6, 6.07) is 0. The number of quaternary nitrogens is 1. The summed E-state index contributed by atoms with van der Waals surface area (Å²) >= 11 is 0. The van der Waals surface area contributed by atoms with Gasteiger partial charge in [-0.05, 0) is 38.5 Å². The Bertz CT molecular complexity index is 993. The number of phosphoric acid groups is 1. The molecule has 1 N–H and O–H groups in total. The lowest BCUT2D eigenvalue weighted by atomic mass is 10.2. The van der Waals surface area contributed by atoms with Gasteiger partial charge in [-0.3, -0.25) is 14.2 Å². The van der Waals surface area contributed by atoms with Gasteiger partial charge >= 0.3 is 11.9 Å². The standard InChI is InChI=1S/C32H52NO9P/c1-6-7-8-9-16-19-22-30(35)23-20-17-14-12-10-11-13-15-18-21-24-32(36)39-27-31(42-29(2)34)28-41-43(37,38)40-26-25-33(3,4)5/h7-8,10-11,14-20,23,30-31,35H,6,9,12-13,21-22,24-28H2,1-5H3/b8-7-,11-10-,17-14-,18-15-,19-16-,23-20+/t30?,31-/m1/s1. The summed E-state index contributed by atoms with van der Waals surface area (Å²) in [6.07, 6.45) is 26.6. The van der Waals surface area contributed by atoms with Crippen LogP contribution in [0, 0.1) is 0 Å². The van der Waals surface area contributed by atoms with Crippen LogP contribution >= 0.6 is 7.82 Å². The highest BCUT2D eigenvalue weighted by atomic mass is 31.2. The quantitative estimate of drug-likeness (QED) is 0.0511. The first-order valence-corrected chi connectivity index (χ1v) is 16.2. The number of esters is 2. The maximum Gasteiger partial charge on any atom is 0.306 e. The van der Waals surface area contributed by atoms with Gasteiger partial charge in [0, 0.05) is 13.3 Å². The zero-order valence-corrected chi connectivity index (χ0v) is 27.4. The average Bonchev–Trinajstić information content (AvgIpc) is 2.91. The molecule has 0 aliphatic rings. The Labute approximate surface area is 258 Å². The van der Waals surface area contributed by atoms with Crippen LogP contribution in [-0.2, 0) is 32.7 Å². The number of ether oxygens (including phenoxy) is 2. The van der Waals surface area contributed by atoms with E-state index in [-0.39, 0.29) is 19.6 Å². The van der Waals surface area contributed by atoms with Gasteiger partial charge < -0.3 is 33.0 Å². The first-order valence-electron chi connectivity index (χ1n) is 14.7. The van der Waals surface area contributed by atoms with Crippen molar-refractivity contribution in [3.8, 4) is 0 Å². The van der Waals surface area contributed by atoms with Gasteiger partial charge in [0.05, 0.1) is 33.9 Å². The predicted molar refractivity (Wildman–Crippen MR) is 168 cm³/mol. The van der Waals surface area contributed by atoms with E-state index in [1.807, 2.05) is 69.8 Å². The van der Waals surface area contributed by atoms with E-state index < -0.39 is 38.6 Å². The number of allylic oxidation sites excluding steroid dienone is 10. The van der Waals surface area contributed by atoms with Gasteiger partial charge in [-0.15, -0.1) is 0 Å². The Kier molecular flexibility index (Phi) is 23.3. The second-order valence-electron chi connectivity index (χ2n) is 10.7. The molecule has 0 saturated carbocycles. The van der Waals surface area contributed by atoms with Crippen LogP contribution in [0.1, 0.15) is 58.8 Å². The molecule has 10 nitrogen and oxygen atoms in total. The van der Waals surface area contributed by atoms with Gasteiger partial charge in [0.1, 0.15) is 19.8 Å². The van der Waals surface area contributed by atoms with Crippen molar-refractivity contribution in [1.82, 2.24) is 0 Å². The molecule has 244 valence electrons. The molecule has 0 spiro atoms. The van der Waals surface area contributed by atoms with Crippen LogP contribution in [0.15, 0.2) is 72.9 Å². The number of aliphatic hydroxyl groups is 1. The fourth-order valence-electron chi connectivity index (χ4n) is 3.11. The van der Waals surface area contributed by atoms with E-state index in [0.29, 0.717) is 23.9 Å². The molecule has 43 heavy (non-hydrogen) atoms. The van der Waals surface area contributed by atoms with Gasteiger partial charge in [-0.1, -0.05) is 79.8 Å². The second-order valence-corrected chi connectivity index (χ2v) is 12.1. The molecule has 0 aliphatic carbocycles. The van der Waals surface area contributed by atoms with Crippen LogP contribution < -0.4 is 4.89 Å². The Balaban J connectivity index is 4.19. The molecule has 0 rings (SSSR count). The highest BCUT2D eigenvalue weighted by molar-refractivity contribution is 7.45. The van der Waals surface area contributed by atoms with E-state index in [2.05, 4.69) is 25.2 Å². The van der Waals surface area contributed by atoms with Crippen molar-refractivity contribution in [1.29, 1.82) is 0 Å². The third-order valence-electron chi connectivity index (χ3n) is 5.38. The van der Waals surface area contributed by atoms with Crippen molar-refractivity contribution in [2.45, 2.75) is 71.0 Å². The molecular formula is C32H52NO9P. The lowest BCUT2D eigenvalue weighted by Crippen LogP contribution is -2.37. The molecule has 0 aromatic rings. The summed E-state index contributed by atoms with van der Waals surface area (Å²) < 4.78 is 32.2. The smallest absolute Gasteiger partial charge is 0.306 e. The predicted octanol–water partition coefficient (Wildman–Crippen LogP) is 5.12. The SMILES string of the molecule is CC/C=C\C/C=C\CC(O)/C=C/C=C\C/C=C\C/C=C\CCC(=O)OC[C@H](COP(=O)([O-])OCC[N+](C)(C)C)OC(C)=O. The zero-order chi connectivity index (χ0) is 32.4. The summed E-state index contributed by atoms with van der Waals surface area (Å²) in [5.74, 6) is -1.17. The molecular weight excluding hydrogens is 573 g/mol. The monoisotopic (exact) mass is 625 g/mol. The van der Waals surface area contributed by atoms with E-state index in [9.17, 15) is 24.2 Å². The topological polar surface area (TPSA) is 131 Å². The summed E-state index contributed by atoms with van der Waals surface area (Å²) in [6.45, 7) is 2.80. The summed E-state index contributed by atoms with van der Waals surface area (Å²) in [5, 5.41) is 9.92. The molecule has 0 bridgehead atoms.